The van der Waals surface area contributed by atoms with E-state index in [0.717, 1.165) is 41.3 Å². The summed E-state index contributed by atoms with van der Waals surface area (Å²) in [5.74, 6) is 2.77. The minimum absolute atomic E-state index is 0.310. The molecule has 112 valence electrons. The number of piperidine rings is 1. The third kappa shape index (κ3) is 2.65. The Bertz CT molecular complexity index is 659. The van der Waals surface area contributed by atoms with Gasteiger partial charge in [-0.2, -0.15) is 0 Å². The van der Waals surface area contributed by atoms with Crippen LogP contribution in [0.1, 0.15) is 19.2 Å². The van der Waals surface area contributed by atoms with Crippen molar-refractivity contribution in [2.24, 2.45) is 5.92 Å². The Kier molecular flexibility index (Phi) is 3.68. The largest absolute Gasteiger partial charge is 0.497 e. The second kappa shape index (κ2) is 5.48. The molecular formula is C16H21N3O2. The Morgan fingerprint density at radius 3 is 2.86 bits per heavy atom. The van der Waals surface area contributed by atoms with Gasteiger partial charge in [-0.15, -0.1) is 0 Å². The lowest BCUT2D eigenvalue weighted by Gasteiger charge is -2.35. The highest BCUT2D eigenvalue weighted by atomic mass is 16.5. The van der Waals surface area contributed by atoms with Crippen LogP contribution < -0.4 is 9.64 Å². The molecule has 0 saturated carbocycles. The van der Waals surface area contributed by atoms with Crippen molar-refractivity contribution >= 4 is 16.7 Å². The van der Waals surface area contributed by atoms with E-state index in [9.17, 15) is 5.11 Å². The first-order valence-electron chi connectivity index (χ1n) is 7.34. The Morgan fingerprint density at radius 2 is 2.14 bits per heavy atom. The lowest BCUT2D eigenvalue weighted by Crippen LogP contribution is -2.43. The fraction of sp³-hybridized carbons (Fsp3) is 0.500. The molecule has 1 fully saturated rings. The lowest BCUT2D eigenvalue weighted by atomic mass is 9.96. The Morgan fingerprint density at radius 1 is 1.33 bits per heavy atom. The van der Waals surface area contributed by atoms with Crippen molar-refractivity contribution < 1.29 is 9.84 Å². The average molecular weight is 287 g/mol. The topological polar surface area (TPSA) is 58.5 Å². The van der Waals surface area contributed by atoms with Crippen LogP contribution in [-0.2, 0) is 0 Å². The number of rotatable bonds is 2. The van der Waals surface area contributed by atoms with E-state index in [1.807, 2.05) is 25.1 Å². The van der Waals surface area contributed by atoms with Gasteiger partial charge in [0.15, 0.2) is 0 Å². The van der Waals surface area contributed by atoms with E-state index in [-0.39, 0.29) is 6.10 Å². The summed E-state index contributed by atoms with van der Waals surface area (Å²) in [7, 11) is 1.65. The summed E-state index contributed by atoms with van der Waals surface area (Å²) in [6.45, 7) is 5.51. The summed E-state index contributed by atoms with van der Waals surface area (Å²) < 4.78 is 5.31. The summed E-state index contributed by atoms with van der Waals surface area (Å²) in [5, 5.41) is 11.1. The fourth-order valence-electron chi connectivity index (χ4n) is 2.81. The van der Waals surface area contributed by atoms with Crippen LogP contribution in [0.3, 0.4) is 0 Å². The summed E-state index contributed by atoms with van der Waals surface area (Å²) in [6.07, 6.45) is 0.657. The number of methoxy groups -OCH3 is 1. The molecule has 2 aromatic rings. The van der Waals surface area contributed by atoms with E-state index in [1.54, 1.807) is 7.11 Å². The van der Waals surface area contributed by atoms with Crippen molar-refractivity contribution in [3.05, 3.63) is 24.0 Å². The molecule has 5 heteroatoms. The van der Waals surface area contributed by atoms with Crippen molar-refractivity contribution in [2.45, 2.75) is 26.4 Å². The first-order valence-corrected chi connectivity index (χ1v) is 7.34. The van der Waals surface area contributed by atoms with Crippen LogP contribution in [0.5, 0.6) is 5.75 Å². The molecule has 2 unspecified atom stereocenters. The smallest absolute Gasteiger partial charge is 0.140 e. The van der Waals surface area contributed by atoms with Crippen LogP contribution in [0.2, 0.25) is 0 Å². The third-order valence-electron chi connectivity index (χ3n) is 4.21. The van der Waals surface area contributed by atoms with Gasteiger partial charge in [0, 0.05) is 18.5 Å². The van der Waals surface area contributed by atoms with Crippen molar-refractivity contribution in [1.29, 1.82) is 0 Å². The van der Waals surface area contributed by atoms with Crippen LogP contribution in [0.4, 0.5) is 5.82 Å². The van der Waals surface area contributed by atoms with Crippen LogP contribution in [0, 0.1) is 12.8 Å². The summed E-state index contributed by atoms with van der Waals surface area (Å²) >= 11 is 0. The highest BCUT2D eigenvalue weighted by Gasteiger charge is 2.26. The van der Waals surface area contributed by atoms with Gasteiger partial charge < -0.3 is 14.7 Å². The van der Waals surface area contributed by atoms with E-state index in [0.29, 0.717) is 12.5 Å². The van der Waals surface area contributed by atoms with E-state index in [2.05, 4.69) is 21.8 Å². The number of hydrogen-bond donors (Lipinski definition) is 1. The molecule has 0 bridgehead atoms. The van der Waals surface area contributed by atoms with Gasteiger partial charge in [-0.1, -0.05) is 6.92 Å². The molecular weight excluding hydrogens is 266 g/mol. The SMILES string of the molecule is COc1ccc2nc(C)nc(N3CCC(C)C(O)C3)c2c1. The van der Waals surface area contributed by atoms with E-state index in [1.165, 1.54) is 0 Å². The molecule has 1 aromatic heterocycles. The van der Waals surface area contributed by atoms with E-state index < -0.39 is 0 Å². The van der Waals surface area contributed by atoms with Gasteiger partial charge in [0.25, 0.3) is 0 Å². The molecule has 0 amide bonds. The minimum atomic E-state index is -0.310. The summed E-state index contributed by atoms with van der Waals surface area (Å²) in [6, 6.07) is 5.83. The predicted octanol–water partition coefficient (Wildman–Crippen LogP) is 2.15. The molecule has 21 heavy (non-hydrogen) atoms. The number of fused-ring (bicyclic) bond motifs is 1. The normalized spacial score (nSPS) is 22.6. The van der Waals surface area contributed by atoms with Gasteiger partial charge in [-0.3, -0.25) is 0 Å². The van der Waals surface area contributed by atoms with Gasteiger partial charge in [0.2, 0.25) is 0 Å². The molecule has 2 atom stereocenters. The number of aromatic nitrogens is 2. The molecule has 0 radical (unpaired) electrons. The standard InChI is InChI=1S/C16H21N3O2/c1-10-6-7-19(9-15(10)20)16-13-8-12(21-3)4-5-14(13)17-11(2)18-16/h4-5,8,10,15,20H,6-7,9H2,1-3H3. The number of nitrogens with zero attached hydrogens (tertiary/aromatic N) is 3. The molecule has 1 aliphatic heterocycles. The number of aryl methyl sites for hydroxylation is 1. The maximum absolute atomic E-state index is 10.1. The Labute approximate surface area is 124 Å². The third-order valence-corrected chi connectivity index (χ3v) is 4.21. The first kappa shape index (κ1) is 14.1. The fourth-order valence-corrected chi connectivity index (χ4v) is 2.81. The highest BCUT2D eigenvalue weighted by molar-refractivity contribution is 5.90. The molecule has 1 saturated heterocycles. The Balaban J connectivity index is 2.08. The predicted molar refractivity (Wildman–Crippen MR) is 82.8 cm³/mol. The lowest BCUT2D eigenvalue weighted by molar-refractivity contribution is 0.102. The molecule has 5 nitrogen and oxygen atoms in total. The minimum Gasteiger partial charge on any atom is -0.497 e. The average Bonchev–Trinajstić information content (AvgIpc) is 2.48. The maximum atomic E-state index is 10.1. The highest BCUT2D eigenvalue weighted by Crippen LogP contribution is 2.30. The van der Waals surface area contributed by atoms with Crippen molar-refractivity contribution in [1.82, 2.24) is 9.97 Å². The summed E-state index contributed by atoms with van der Waals surface area (Å²) in [5.41, 5.74) is 0.909. The zero-order chi connectivity index (χ0) is 15.0. The number of aliphatic hydroxyl groups is 1. The van der Waals surface area contributed by atoms with Gasteiger partial charge in [0.1, 0.15) is 17.4 Å². The second-order valence-electron chi connectivity index (χ2n) is 5.76. The zero-order valence-corrected chi connectivity index (χ0v) is 12.7. The first-order chi connectivity index (χ1) is 10.1. The molecule has 3 rings (SSSR count). The number of aliphatic hydroxyl groups excluding tert-OH is 1. The maximum Gasteiger partial charge on any atom is 0.140 e. The van der Waals surface area contributed by atoms with Crippen LogP contribution in [0.15, 0.2) is 18.2 Å². The number of anilines is 1. The van der Waals surface area contributed by atoms with Crippen LogP contribution >= 0.6 is 0 Å². The van der Waals surface area contributed by atoms with E-state index in [4.69, 9.17) is 4.74 Å². The number of β-amino-alcohol motifs (C(OH)–C–C–N with tert-alkyl or cyclic N) is 1. The Hall–Kier alpha value is -1.88. The van der Waals surface area contributed by atoms with Crippen LogP contribution in [0.25, 0.3) is 10.9 Å². The number of benzene rings is 1. The van der Waals surface area contributed by atoms with Crippen LogP contribution in [-0.4, -0.2) is 41.4 Å². The monoisotopic (exact) mass is 287 g/mol. The van der Waals surface area contributed by atoms with Crippen molar-refractivity contribution in [3.8, 4) is 5.75 Å². The number of hydrogen-bond acceptors (Lipinski definition) is 5. The van der Waals surface area contributed by atoms with Crippen molar-refractivity contribution in [3.63, 3.8) is 0 Å². The molecule has 1 N–H and O–H groups in total. The molecule has 0 spiro atoms. The van der Waals surface area contributed by atoms with Gasteiger partial charge in [-0.25, -0.2) is 9.97 Å². The van der Waals surface area contributed by atoms with Crippen molar-refractivity contribution in [2.75, 3.05) is 25.1 Å². The summed E-state index contributed by atoms with van der Waals surface area (Å²) in [4.78, 5) is 11.2. The van der Waals surface area contributed by atoms with E-state index >= 15 is 0 Å². The molecule has 1 aromatic carbocycles. The van der Waals surface area contributed by atoms with Gasteiger partial charge in [0.05, 0.1) is 18.7 Å². The van der Waals surface area contributed by atoms with Gasteiger partial charge in [-0.05, 0) is 37.5 Å². The second-order valence-corrected chi connectivity index (χ2v) is 5.76. The quantitative estimate of drug-likeness (QED) is 0.917. The number of ether oxygens (including phenoxy) is 1. The molecule has 0 aliphatic carbocycles. The van der Waals surface area contributed by atoms with Gasteiger partial charge >= 0.3 is 0 Å². The molecule has 2 heterocycles. The zero-order valence-electron chi connectivity index (χ0n) is 12.7. The molecule has 1 aliphatic rings.